The van der Waals surface area contributed by atoms with Crippen LogP contribution >= 0.6 is 0 Å². The van der Waals surface area contributed by atoms with Crippen molar-refractivity contribution >= 4 is 17.9 Å². The first-order chi connectivity index (χ1) is 9.70. The van der Waals surface area contributed by atoms with E-state index in [2.05, 4.69) is 0 Å². The van der Waals surface area contributed by atoms with Crippen LogP contribution in [-0.4, -0.2) is 17.9 Å². The SMILES string of the molecule is O=Cc1ccc(CC2C(=O)c3ccccc3C2=O)cc1. The van der Waals surface area contributed by atoms with Crippen LogP contribution in [0.15, 0.2) is 48.5 Å². The Balaban J connectivity index is 1.87. The number of ketones is 2. The molecule has 3 nitrogen and oxygen atoms in total. The van der Waals surface area contributed by atoms with E-state index in [1.54, 1.807) is 48.5 Å². The van der Waals surface area contributed by atoms with Gasteiger partial charge in [0.25, 0.3) is 0 Å². The Kier molecular flexibility index (Phi) is 3.03. The van der Waals surface area contributed by atoms with Crippen molar-refractivity contribution < 1.29 is 14.4 Å². The number of hydrogen-bond acceptors (Lipinski definition) is 3. The molecule has 3 heteroatoms. The second-order valence-corrected chi connectivity index (χ2v) is 4.89. The molecule has 0 heterocycles. The van der Waals surface area contributed by atoms with Crippen LogP contribution in [-0.2, 0) is 6.42 Å². The van der Waals surface area contributed by atoms with Gasteiger partial charge in [-0.05, 0) is 12.0 Å². The number of hydrogen-bond donors (Lipinski definition) is 0. The first-order valence-corrected chi connectivity index (χ1v) is 6.42. The summed E-state index contributed by atoms with van der Waals surface area (Å²) in [6.45, 7) is 0. The maximum Gasteiger partial charge on any atom is 0.174 e. The van der Waals surface area contributed by atoms with Gasteiger partial charge in [0.1, 0.15) is 6.29 Å². The monoisotopic (exact) mass is 264 g/mol. The van der Waals surface area contributed by atoms with E-state index in [1.165, 1.54) is 0 Å². The van der Waals surface area contributed by atoms with Crippen molar-refractivity contribution in [2.45, 2.75) is 6.42 Å². The molecule has 0 aromatic heterocycles. The van der Waals surface area contributed by atoms with Gasteiger partial charge in [-0.3, -0.25) is 14.4 Å². The highest BCUT2D eigenvalue weighted by Gasteiger charge is 2.37. The van der Waals surface area contributed by atoms with Gasteiger partial charge in [0.05, 0.1) is 5.92 Å². The molecule has 0 bridgehead atoms. The summed E-state index contributed by atoms with van der Waals surface area (Å²) in [5.74, 6) is -0.843. The average Bonchev–Trinajstić information content (AvgIpc) is 2.74. The molecule has 0 N–H and O–H groups in total. The van der Waals surface area contributed by atoms with Crippen LogP contribution in [0.1, 0.15) is 36.6 Å². The van der Waals surface area contributed by atoms with Crippen LogP contribution < -0.4 is 0 Å². The fourth-order valence-corrected chi connectivity index (χ4v) is 2.56. The molecule has 0 unspecified atom stereocenters. The zero-order valence-corrected chi connectivity index (χ0v) is 10.7. The second-order valence-electron chi connectivity index (χ2n) is 4.89. The molecule has 0 saturated heterocycles. The minimum absolute atomic E-state index is 0.106. The Bertz CT molecular complexity index is 663. The summed E-state index contributed by atoms with van der Waals surface area (Å²) in [5.41, 5.74) is 2.51. The Morgan fingerprint density at radius 1 is 0.850 bits per heavy atom. The van der Waals surface area contributed by atoms with Gasteiger partial charge in [-0.25, -0.2) is 0 Å². The normalized spacial score (nSPS) is 14.4. The van der Waals surface area contributed by atoms with Crippen molar-refractivity contribution in [2.75, 3.05) is 0 Å². The number of carbonyl (C=O) groups is 3. The first-order valence-electron chi connectivity index (χ1n) is 6.42. The van der Waals surface area contributed by atoms with E-state index >= 15 is 0 Å². The maximum atomic E-state index is 12.3. The number of aldehydes is 1. The molecule has 0 saturated carbocycles. The van der Waals surface area contributed by atoms with Gasteiger partial charge in [0.2, 0.25) is 0 Å². The predicted molar refractivity (Wildman–Crippen MR) is 74.1 cm³/mol. The minimum Gasteiger partial charge on any atom is -0.298 e. The Morgan fingerprint density at radius 3 is 1.90 bits per heavy atom. The second kappa shape index (κ2) is 4.85. The Morgan fingerprint density at radius 2 is 1.40 bits per heavy atom. The fourth-order valence-electron chi connectivity index (χ4n) is 2.56. The van der Waals surface area contributed by atoms with Crippen LogP contribution in [0, 0.1) is 5.92 Å². The Labute approximate surface area is 116 Å². The third-order valence-electron chi connectivity index (χ3n) is 3.65. The van der Waals surface area contributed by atoms with Gasteiger partial charge in [-0.2, -0.15) is 0 Å². The highest BCUT2D eigenvalue weighted by Crippen LogP contribution is 2.29. The molecule has 3 rings (SSSR count). The average molecular weight is 264 g/mol. The van der Waals surface area contributed by atoms with E-state index in [9.17, 15) is 14.4 Å². The molecule has 2 aromatic rings. The van der Waals surface area contributed by atoms with Crippen LogP contribution in [0.2, 0.25) is 0 Å². The van der Waals surface area contributed by atoms with Gasteiger partial charge in [0.15, 0.2) is 11.6 Å². The number of carbonyl (C=O) groups excluding carboxylic acids is 3. The topological polar surface area (TPSA) is 51.2 Å². The lowest BCUT2D eigenvalue weighted by molar-refractivity contribution is 0.0838. The Hall–Kier alpha value is -2.55. The molecule has 1 aliphatic rings. The van der Waals surface area contributed by atoms with E-state index in [1.807, 2.05) is 0 Å². The molecular formula is C17H12O3. The van der Waals surface area contributed by atoms with Crippen molar-refractivity contribution in [3.05, 3.63) is 70.8 Å². The van der Waals surface area contributed by atoms with Crippen molar-refractivity contribution in [2.24, 2.45) is 5.92 Å². The first kappa shape index (κ1) is 12.5. The van der Waals surface area contributed by atoms with Crippen LogP contribution in [0.3, 0.4) is 0 Å². The maximum absolute atomic E-state index is 12.3. The molecule has 0 atom stereocenters. The zero-order chi connectivity index (χ0) is 14.1. The molecular weight excluding hydrogens is 252 g/mol. The third-order valence-corrected chi connectivity index (χ3v) is 3.65. The minimum atomic E-state index is -0.630. The van der Waals surface area contributed by atoms with Gasteiger partial charge in [-0.15, -0.1) is 0 Å². The van der Waals surface area contributed by atoms with E-state index < -0.39 is 5.92 Å². The van der Waals surface area contributed by atoms with Crippen molar-refractivity contribution in [3.8, 4) is 0 Å². The molecule has 0 amide bonds. The van der Waals surface area contributed by atoms with E-state index in [0.29, 0.717) is 23.1 Å². The van der Waals surface area contributed by atoms with Gasteiger partial charge in [-0.1, -0.05) is 48.5 Å². The predicted octanol–water partition coefficient (Wildman–Crippen LogP) is 2.74. The number of fused-ring (bicyclic) bond motifs is 1. The molecule has 20 heavy (non-hydrogen) atoms. The standard InChI is InChI=1S/C17H12O3/c18-10-12-7-5-11(6-8-12)9-15-16(19)13-3-1-2-4-14(13)17(15)20/h1-8,10,15H,9H2. The lowest BCUT2D eigenvalue weighted by atomic mass is 9.94. The van der Waals surface area contributed by atoms with E-state index in [0.717, 1.165) is 11.8 Å². The van der Waals surface area contributed by atoms with E-state index in [-0.39, 0.29) is 11.6 Å². The highest BCUT2D eigenvalue weighted by molar-refractivity contribution is 6.26. The molecule has 98 valence electrons. The molecule has 0 radical (unpaired) electrons. The lowest BCUT2D eigenvalue weighted by Crippen LogP contribution is -2.17. The van der Waals surface area contributed by atoms with Gasteiger partial charge < -0.3 is 0 Å². The number of rotatable bonds is 3. The smallest absolute Gasteiger partial charge is 0.174 e. The summed E-state index contributed by atoms with van der Waals surface area (Å²) in [6.07, 6.45) is 1.15. The molecule has 1 aliphatic carbocycles. The number of Topliss-reactive ketones (excluding diaryl/α,β-unsaturated/α-hetero) is 2. The number of benzene rings is 2. The highest BCUT2D eigenvalue weighted by atomic mass is 16.2. The quantitative estimate of drug-likeness (QED) is 0.632. The van der Waals surface area contributed by atoms with Crippen molar-refractivity contribution in [3.63, 3.8) is 0 Å². The summed E-state index contributed by atoms with van der Waals surface area (Å²) in [4.78, 5) is 35.1. The van der Waals surface area contributed by atoms with Gasteiger partial charge >= 0.3 is 0 Å². The molecule has 0 fully saturated rings. The fraction of sp³-hybridized carbons (Fsp3) is 0.118. The summed E-state index contributed by atoms with van der Waals surface area (Å²) in [5, 5.41) is 0. The van der Waals surface area contributed by atoms with Crippen LogP contribution in [0.25, 0.3) is 0 Å². The van der Waals surface area contributed by atoms with Crippen LogP contribution in [0.4, 0.5) is 0 Å². The summed E-state index contributed by atoms with van der Waals surface area (Å²) < 4.78 is 0. The molecule has 2 aromatic carbocycles. The largest absolute Gasteiger partial charge is 0.298 e. The van der Waals surface area contributed by atoms with Gasteiger partial charge in [0, 0.05) is 16.7 Å². The lowest BCUT2D eigenvalue weighted by Gasteiger charge is -2.07. The summed E-state index contributed by atoms with van der Waals surface area (Å²) in [6, 6.07) is 13.9. The molecule has 0 spiro atoms. The summed E-state index contributed by atoms with van der Waals surface area (Å²) in [7, 11) is 0. The van der Waals surface area contributed by atoms with E-state index in [4.69, 9.17) is 0 Å². The summed E-state index contributed by atoms with van der Waals surface area (Å²) >= 11 is 0. The van der Waals surface area contributed by atoms with Crippen molar-refractivity contribution in [1.82, 2.24) is 0 Å². The van der Waals surface area contributed by atoms with Crippen molar-refractivity contribution in [1.29, 1.82) is 0 Å². The molecule has 0 aliphatic heterocycles. The van der Waals surface area contributed by atoms with Crippen LogP contribution in [0.5, 0.6) is 0 Å². The third kappa shape index (κ3) is 1.97. The zero-order valence-electron chi connectivity index (χ0n) is 10.7.